The van der Waals surface area contributed by atoms with Crippen molar-refractivity contribution in [2.24, 2.45) is 0 Å². The Balaban J connectivity index is 3.23. The molecule has 0 aliphatic carbocycles. The van der Waals surface area contributed by atoms with E-state index < -0.39 is 6.61 Å². The number of rotatable bonds is 3. The zero-order chi connectivity index (χ0) is 10.6. The van der Waals surface area contributed by atoms with Gasteiger partial charge in [-0.05, 0) is 25.0 Å². The molecular formula is C12H14O2. The molecule has 0 amide bonds. The highest BCUT2D eigenvalue weighted by Gasteiger charge is 2.09. The second-order valence-corrected chi connectivity index (χ2v) is 3.10. The minimum atomic E-state index is -0.437. The van der Waals surface area contributed by atoms with Gasteiger partial charge in [-0.25, -0.2) is 0 Å². The van der Waals surface area contributed by atoms with E-state index in [0.29, 0.717) is 5.56 Å². The van der Waals surface area contributed by atoms with Crippen LogP contribution < -0.4 is 0 Å². The summed E-state index contributed by atoms with van der Waals surface area (Å²) in [4.78, 5) is 11.4. The van der Waals surface area contributed by atoms with Crippen molar-refractivity contribution < 1.29 is 9.90 Å². The first-order chi connectivity index (χ1) is 6.70. The zero-order valence-electron chi connectivity index (χ0n) is 8.45. The van der Waals surface area contributed by atoms with Gasteiger partial charge in [0.25, 0.3) is 0 Å². The normalized spacial score (nSPS) is 11.5. The Kier molecular flexibility index (Phi) is 3.60. The molecule has 2 heteroatoms. The lowest BCUT2D eigenvalue weighted by Crippen LogP contribution is -2.07. The molecule has 0 aliphatic heterocycles. The smallest absolute Gasteiger partial charge is 0.188 e. The van der Waals surface area contributed by atoms with Crippen LogP contribution in [0.3, 0.4) is 0 Å². The predicted molar refractivity (Wildman–Crippen MR) is 57.2 cm³/mol. The Morgan fingerprint density at radius 1 is 1.36 bits per heavy atom. The topological polar surface area (TPSA) is 37.3 Å². The van der Waals surface area contributed by atoms with Gasteiger partial charge in [0, 0.05) is 5.56 Å². The number of Topliss-reactive ketones (excluding diaryl/α,β-unsaturated/α-hetero) is 1. The number of aliphatic hydroxyl groups excluding tert-OH is 1. The monoisotopic (exact) mass is 190 g/mol. The molecule has 0 aromatic heterocycles. The third-order valence-corrected chi connectivity index (χ3v) is 2.23. The summed E-state index contributed by atoms with van der Waals surface area (Å²) in [5.41, 5.74) is 2.53. The Bertz CT molecular complexity index is 364. The first-order valence-corrected chi connectivity index (χ1v) is 4.57. The molecular weight excluding hydrogens is 176 g/mol. The van der Waals surface area contributed by atoms with Gasteiger partial charge in [0.05, 0.1) is 0 Å². The lowest BCUT2D eigenvalue weighted by molar-refractivity contribution is 0.0903. The van der Waals surface area contributed by atoms with E-state index in [1.807, 2.05) is 32.1 Å². The number of hydrogen-bond donors (Lipinski definition) is 1. The van der Waals surface area contributed by atoms with Crippen molar-refractivity contribution in [2.75, 3.05) is 6.61 Å². The van der Waals surface area contributed by atoms with E-state index in [1.165, 1.54) is 0 Å². The van der Waals surface area contributed by atoms with E-state index in [1.54, 1.807) is 12.1 Å². The molecule has 0 saturated carbocycles. The molecule has 1 N–H and O–H groups in total. The van der Waals surface area contributed by atoms with Crippen LogP contribution in [0.4, 0.5) is 0 Å². The quantitative estimate of drug-likeness (QED) is 0.742. The molecule has 1 aromatic carbocycles. The van der Waals surface area contributed by atoms with Crippen molar-refractivity contribution >= 4 is 11.4 Å². The summed E-state index contributed by atoms with van der Waals surface area (Å²) < 4.78 is 0. The number of carbonyl (C=O) groups excluding carboxylic acids is 1. The highest BCUT2D eigenvalue weighted by molar-refractivity contribution is 6.01. The average molecular weight is 190 g/mol. The van der Waals surface area contributed by atoms with Crippen LogP contribution in [-0.2, 0) is 0 Å². The van der Waals surface area contributed by atoms with E-state index in [4.69, 9.17) is 5.11 Å². The number of benzene rings is 1. The molecule has 0 spiro atoms. The Morgan fingerprint density at radius 2 is 1.93 bits per heavy atom. The summed E-state index contributed by atoms with van der Waals surface area (Å²) in [7, 11) is 0. The summed E-state index contributed by atoms with van der Waals surface area (Å²) in [5.74, 6) is -0.234. The van der Waals surface area contributed by atoms with Crippen molar-refractivity contribution in [3.8, 4) is 0 Å². The molecule has 74 valence electrons. The van der Waals surface area contributed by atoms with E-state index in [-0.39, 0.29) is 5.78 Å². The lowest BCUT2D eigenvalue weighted by Gasteiger charge is -2.06. The number of allylic oxidation sites excluding steroid dienone is 2. The van der Waals surface area contributed by atoms with Crippen molar-refractivity contribution in [1.82, 2.24) is 0 Å². The van der Waals surface area contributed by atoms with Crippen LogP contribution in [0.15, 0.2) is 30.3 Å². The third-order valence-electron chi connectivity index (χ3n) is 2.23. The van der Waals surface area contributed by atoms with Gasteiger partial charge in [-0.2, -0.15) is 0 Å². The summed E-state index contributed by atoms with van der Waals surface area (Å²) in [5, 5.41) is 8.80. The molecule has 0 radical (unpaired) electrons. The summed E-state index contributed by atoms with van der Waals surface area (Å²) in [6, 6.07) is 7.31. The van der Waals surface area contributed by atoms with Gasteiger partial charge in [0.15, 0.2) is 5.78 Å². The maximum absolute atomic E-state index is 11.4. The van der Waals surface area contributed by atoms with Gasteiger partial charge >= 0.3 is 0 Å². The Morgan fingerprint density at radius 3 is 2.43 bits per heavy atom. The lowest BCUT2D eigenvalue weighted by atomic mass is 9.98. The minimum Gasteiger partial charge on any atom is -0.388 e. The molecule has 0 aliphatic rings. The zero-order valence-corrected chi connectivity index (χ0v) is 8.45. The van der Waals surface area contributed by atoms with Gasteiger partial charge < -0.3 is 5.11 Å². The second kappa shape index (κ2) is 4.72. The van der Waals surface area contributed by atoms with Gasteiger partial charge in [0.1, 0.15) is 6.61 Å². The fourth-order valence-corrected chi connectivity index (χ4v) is 1.31. The standard InChI is InChI=1S/C12H14O2/c1-3-9(2)10-6-4-5-7-11(10)12(14)8-13/h3-7,13H,8H2,1-2H3/b9-3-. The van der Waals surface area contributed by atoms with Crippen LogP contribution in [0.5, 0.6) is 0 Å². The van der Waals surface area contributed by atoms with Crippen molar-refractivity contribution in [1.29, 1.82) is 0 Å². The van der Waals surface area contributed by atoms with Crippen molar-refractivity contribution in [2.45, 2.75) is 13.8 Å². The minimum absolute atomic E-state index is 0.234. The van der Waals surface area contributed by atoms with Crippen LogP contribution in [0, 0.1) is 0 Å². The average Bonchev–Trinajstić information content (AvgIpc) is 2.27. The fraction of sp³-hybridized carbons (Fsp3) is 0.250. The number of carbonyl (C=O) groups is 1. The molecule has 0 atom stereocenters. The Labute approximate surface area is 83.9 Å². The van der Waals surface area contributed by atoms with Crippen molar-refractivity contribution in [3.05, 3.63) is 41.5 Å². The van der Waals surface area contributed by atoms with Crippen LogP contribution in [0.25, 0.3) is 5.57 Å². The highest BCUT2D eigenvalue weighted by atomic mass is 16.3. The maximum Gasteiger partial charge on any atom is 0.188 e. The molecule has 1 aromatic rings. The maximum atomic E-state index is 11.4. The molecule has 2 nitrogen and oxygen atoms in total. The fourth-order valence-electron chi connectivity index (χ4n) is 1.31. The molecule has 14 heavy (non-hydrogen) atoms. The third kappa shape index (κ3) is 2.09. The van der Waals surface area contributed by atoms with Crippen LogP contribution >= 0.6 is 0 Å². The van der Waals surface area contributed by atoms with Crippen LogP contribution in [0.2, 0.25) is 0 Å². The van der Waals surface area contributed by atoms with E-state index in [0.717, 1.165) is 11.1 Å². The van der Waals surface area contributed by atoms with E-state index in [9.17, 15) is 4.79 Å². The predicted octanol–water partition coefficient (Wildman–Crippen LogP) is 2.28. The summed E-state index contributed by atoms with van der Waals surface area (Å²) in [6.07, 6.45) is 1.95. The molecule has 0 saturated heterocycles. The largest absolute Gasteiger partial charge is 0.388 e. The SMILES string of the molecule is C/C=C(/C)c1ccccc1C(=O)CO. The van der Waals surface area contributed by atoms with Gasteiger partial charge in [0.2, 0.25) is 0 Å². The first kappa shape index (κ1) is 10.7. The number of hydrogen-bond acceptors (Lipinski definition) is 2. The molecule has 0 heterocycles. The van der Waals surface area contributed by atoms with Gasteiger partial charge in [-0.15, -0.1) is 0 Å². The molecule has 0 unspecified atom stereocenters. The van der Waals surface area contributed by atoms with E-state index in [2.05, 4.69) is 0 Å². The Hall–Kier alpha value is -1.41. The molecule has 0 fully saturated rings. The van der Waals surface area contributed by atoms with Crippen LogP contribution in [0.1, 0.15) is 29.8 Å². The summed E-state index contributed by atoms with van der Waals surface area (Å²) >= 11 is 0. The van der Waals surface area contributed by atoms with Gasteiger partial charge in [-0.3, -0.25) is 4.79 Å². The van der Waals surface area contributed by atoms with E-state index >= 15 is 0 Å². The molecule has 0 bridgehead atoms. The van der Waals surface area contributed by atoms with Gasteiger partial charge in [-0.1, -0.05) is 30.3 Å². The number of ketones is 1. The first-order valence-electron chi connectivity index (χ1n) is 4.57. The van der Waals surface area contributed by atoms with Crippen LogP contribution in [-0.4, -0.2) is 17.5 Å². The molecule has 1 rings (SSSR count). The van der Waals surface area contributed by atoms with Crippen molar-refractivity contribution in [3.63, 3.8) is 0 Å². The highest BCUT2D eigenvalue weighted by Crippen LogP contribution is 2.18. The number of aliphatic hydroxyl groups is 1. The second-order valence-electron chi connectivity index (χ2n) is 3.10. The summed E-state index contributed by atoms with van der Waals surface area (Å²) in [6.45, 7) is 3.44.